The molecule has 1 saturated heterocycles. The van der Waals surface area contributed by atoms with E-state index >= 15 is 0 Å². The average molecular weight is 459 g/mol. The van der Waals surface area contributed by atoms with E-state index in [1.165, 1.54) is 24.1 Å². The van der Waals surface area contributed by atoms with E-state index in [9.17, 15) is 19.5 Å². The van der Waals surface area contributed by atoms with Gasteiger partial charge in [0.1, 0.15) is 24.4 Å². The minimum atomic E-state index is -0.946. The van der Waals surface area contributed by atoms with Crippen molar-refractivity contribution in [1.29, 1.82) is 0 Å². The predicted molar refractivity (Wildman–Crippen MR) is 120 cm³/mol. The van der Waals surface area contributed by atoms with E-state index in [0.29, 0.717) is 6.42 Å². The van der Waals surface area contributed by atoms with Crippen molar-refractivity contribution in [2.45, 2.75) is 36.8 Å². The summed E-state index contributed by atoms with van der Waals surface area (Å²) in [6, 6.07) is 13.8. The molecule has 3 rings (SSSR count). The minimum Gasteiger partial charge on any atom is -0.508 e. The number of rotatable bonds is 7. The van der Waals surface area contributed by atoms with Crippen LogP contribution in [0.15, 0.2) is 54.6 Å². The first-order chi connectivity index (χ1) is 15.4. The molecule has 0 bridgehead atoms. The van der Waals surface area contributed by atoms with Crippen molar-refractivity contribution in [3.8, 4) is 5.75 Å². The molecule has 32 heavy (non-hydrogen) atoms. The quantitative estimate of drug-likeness (QED) is 0.434. The Balaban J connectivity index is 1.66. The molecule has 3 atom stereocenters. The average Bonchev–Trinajstić information content (AvgIpc) is 3.20. The molecule has 170 valence electrons. The van der Waals surface area contributed by atoms with Crippen molar-refractivity contribution >= 4 is 30.6 Å². The topological polar surface area (TPSA) is 105 Å². The van der Waals surface area contributed by atoms with Crippen LogP contribution in [0.4, 0.5) is 4.79 Å². The van der Waals surface area contributed by atoms with Gasteiger partial charge in [-0.3, -0.25) is 9.69 Å². The van der Waals surface area contributed by atoms with Gasteiger partial charge in [-0.25, -0.2) is 9.59 Å². The van der Waals surface area contributed by atoms with E-state index in [-0.39, 0.29) is 30.6 Å². The number of nitrogens with zero attached hydrogens (tertiary/aromatic N) is 1. The van der Waals surface area contributed by atoms with Gasteiger partial charge in [-0.15, -0.1) is 0 Å². The Morgan fingerprint density at radius 1 is 1.12 bits per heavy atom. The highest BCUT2D eigenvalue weighted by molar-refractivity contribution is 7.81. The summed E-state index contributed by atoms with van der Waals surface area (Å²) in [5.74, 6) is -0.986. The van der Waals surface area contributed by atoms with Gasteiger partial charge in [0.2, 0.25) is 5.91 Å². The Morgan fingerprint density at radius 3 is 2.47 bits per heavy atom. The molecule has 2 aromatic carbocycles. The summed E-state index contributed by atoms with van der Waals surface area (Å²) < 4.78 is 10.2. The number of carbonyl (C=O) groups excluding carboxylic acids is 3. The van der Waals surface area contributed by atoms with Gasteiger partial charge < -0.3 is 19.9 Å². The monoisotopic (exact) mass is 458 g/mol. The number of likely N-dealkylation sites (tertiary alicyclic amines) is 1. The Morgan fingerprint density at radius 2 is 1.81 bits per heavy atom. The predicted octanol–water partition coefficient (Wildman–Crippen LogP) is 2.30. The highest BCUT2D eigenvalue weighted by Gasteiger charge is 2.40. The molecular formula is C23H26N2O6S. The molecule has 2 amide bonds. The summed E-state index contributed by atoms with van der Waals surface area (Å²) in [5, 5.41) is 11.9. The zero-order chi connectivity index (χ0) is 23.1. The SMILES string of the molecule is COC(=O)[C@H](Cc1ccc(O)cc1)NC(=O)[C@@H]1C[C@@H](S)CN1C(=O)OCc1ccccc1. The van der Waals surface area contributed by atoms with E-state index in [1.807, 2.05) is 30.3 Å². The lowest BCUT2D eigenvalue weighted by Gasteiger charge is -2.25. The normalized spacial score (nSPS) is 18.6. The van der Waals surface area contributed by atoms with E-state index in [4.69, 9.17) is 9.47 Å². The van der Waals surface area contributed by atoms with Crippen molar-refractivity contribution in [1.82, 2.24) is 10.2 Å². The summed E-state index contributed by atoms with van der Waals surface area (Å²) >= 11 is 4.43. The number of ether oxygens (including phenoxy) is 2. The second kappa shape index (κ2) is 10.9. The summed E-state index contributed by atoms with van der Waals surface area (Å²) in [6.07, 6.45) is -0.102. The number of hydrogen-bond donors (Lipinski definition) is 3. The molecule has 8 nitrogen and oxygen atoms in total. The molecule has 0 spiro atoms. The first-order valence-corrected chi connectivity index (χ1v) is 10.7. The van der Waals surface area contributed by atoms with Gasteiger partial charge in [0.15, 0.2) is 0 Å². The van der Waals surface area contributed by atoms with E-state index in [1.54, 1.807) is 12.1 Å². The Hall–Kier alpha value is -3.20. The van der Waals surface area contributed by atoms with Gasteiger partial charge in [0.05, 0.1) is 7.11 Å². The maximum Gasteiger partial charge on any atom is 0.410 e. The first-order valence-electron chi connectivity index (χ1n) is 10.2. The number of amides is 2. The Labute approximate surface area is 191 Å². The lowest BCUT2D eigenvalue weighted by atomic mass is 10.0. The van der Waals surface area contributed by atoms with Crippen LogP contribution in [0.2, 0.25) is 0 Å². The van der Waals surface area contributed by atoms with Crippen LogP contribution in [0.25, 0.3) is 0 Å². The van der Waals surface area contributed by atoms with E-state index < -0.39 is 30.1 Å². The summed E-state index contributed by atoms with van der Waals surface area (Å²) in [5.41, 5.74) is 1.57. The molecule has 1 aliphatic heterocycles. The second-order valence-corrected chi connectivity index (χ2v) is 8.28. The third-order valence-corrected chi connectivity index (χ3v) is 5.57. The molecule has 0 aliphatic carbocycles. The smallest absolute Gasteiger partial charge is 0.410 e. The third kappa shape index (κ3) is 6.16. The van der Waals surface area contributed by atoms with Crippen molar-refractivity contribution < 1.29 is 29.0 Å². The Kier molecular flexibility index (Phi) is 7.99. The molecule has 2 N–H and O–H groups in total. The van der Waals surface area contributed by atoms with Crippen LogP contribution < -0.4 is 5.32 Å². The molecule has 1 aliphatic rings. The molecule has 0 saturated carbocycles. The van der Waals surface area contributed by atoms with E-state index in [0.717, 1.165) is 11.1 Å². The van der Waals surface area contributed by atoms with Gasteiger partial charge in [0.25, 0.3) is 0 Å². The highest BCUT2D eigenvalue weighted by Crippen LogP contribution is 2.24. The number of phenolic OH excluding ortho intramolecular Hbond substituents is 1. The first kappa shape index (κ1) is 23.5. The van der Waals surface area contributed by atoms with Crippen molar-refractivity contribution in [3.05, 3.63) is 65.7 Å². The van der Waals surface area contributed by atoms with Crippen LogP contribution in [0.1, 0.15) is 17.5 Å². The van der Waals surface area contributed by atoms with Gasteiger partial charge in [0, 0.05) is 18.2 Å². The minimum absolute atomic E-state index is 0.0907. The van der Waals surface area contributed by atoms with Gasteiger partial charge in [-0.05, 0) is 29.7 Å². The summed E-state index contributed by atoms with van der Waals surface area (Å²) in [7, 11) is 1.24. The number of methoxy groups -OCH3 is 1. The van der Waals surface area contributed by atoms with Crippen LogP contribution in [0.3, 0.4) is 0 Å². The molecular weight excluding hydrogens is 432 g/mol. The number of esters is 1. The standard InChI is InChI=1S/C23H26N2O6S/c1-30-22(28)19(11-15-7-9-17(26)10-8-15)24-21(27)20-12-18(32)13-25(20)23(29)31-14-16-5-3-2-4-6-16/h2-10,18-20,26,32H,11-14H2,1H3,(H,24,27)/t18-,19+,20+/m1/s1. The number of thiol groups is 1. The van der Waals surface area contributed by atoms with Crippen LogP contribution in [0, 0.1) is 0 Å². The zero-order valence-electron chi connectivity index (χ0n) is 17.6. The maximum absolute atomic E-state index is 13.0. The van der Waals surface area contributed by atoms with Crippen molar-refractivity contribution in [2.24, 2.45) is 0 Å². The van der Waals surface area contributed by atoms with Gasteiger partial charge >= 0.3 is 12.1 Å². The van der Waals surface area contributed by atoms with E-state index in [2.05, 4.69) is 17.9 Å². The van der Waals surface area contributed by atoms with Crippen molar-refractivity contribution in [2.75, 3.05) is 13.7 Å². The highest BCUT2D eigenvalue weighted by atomic mass is 32.1. The fourth-order valence-electron chi connectivity index (χ4n) is 3.54. The lowest BCUT2D eigenvalue weighted by molar-refractivity contribution is -0.145. The third-order valence-electron chi connectivity index (χ3n) is 5.20. The Bertz CT molecular complexity index is 937. The zero-order valence-corrected chi connectivity index (χ0v) is 18.5. The van der Waals surface area contributed by atoms with Crippen LogP contribution >= 0.6 is 12.6 Å². The second-order valence-electron chi connectivity index (χ2n) is 7.55. The van der Waals surface area contributed by atoms with Gasteiger partial charge in [-0.1, -0.05) is 42.5 Å². The largest absolute Gasteiger partial charge is 0.508 e. The fourth-order valence-corrected chi connectivity index (χ4v) is 3.91. The van der Waals surface area contributed by atoms with Crippen LogP contribution in [-0.2, 0) is 32.1 Å². The molecule has 0 unspecified atom stereocenters. The number of benzene rings is 2. The maximum atomic E-state index is 13.0. The summed E-state index contributed by atoms with van der Waals surface area (Å²) in [6.45, 7) is 0.350. The molecule has 0 radical (unpaired) electrons. The molecule has 0 aromatic heterocycles. The molecule has 1 fully saturated rings. The van der Waals surface area contributed by atoms with Crippen molar-refractivity contribution in [3.63, 3.8) is 0 Å². The number of nitrogens with one attached hydrogen (secondary N) is 1. The fraction of sp³-hybridized carbons (Fsp3) is 0.348. The molecule has 1 heterocycles. The summed E-state index contributed by atoms with van der Waals surface area (Å²) in [4.78, 5) is 39.3. The molecule has 2 aromatic rings. The van der Waals surface area contributed by atoms with Crippen LogP contribution in [-0.4, -0.2) is 59.0 Å². The number of carbonyl (C=O) groups is 3. The molecule has 9 heteroatoms. The lowest BCUT2D eigenvalue weighted by Crippen LogP contribution is -2.51. The number of phenols is 1. The number of hydrogen-bond acceptors (Lipinski definition) is 7. The van der Waals surface area contributed by atoms with Gasteiger partial charge in [-0.2, -0.15) is 12.6 Å². The number of aromatic hydroxyl groups is 1. The van der Waals surface area contributed by atoms with Crippen LogP contribution in [0.5, 0.6) is 5.75 Å².